The molecule has 2 N–H and O–H groups in total. The zero-order chi connectivity index (χ0) is 14.0. The molecule has 1 fully saturated rings. The molecule has 0 aromatic heterocycles. The number of benzene rings is 1. The van der Waals surface area contributed by atoms with E-state index in [0.29, 0.717) is 6.04 Å². The lowest BCUT2D eigenvalue weighted by Crippen LogP contribution is -2.50. The molecule has 0 amide bonds. The van der Waals surface area contributed by atoms with Gasteiger partial charge in [0.15, 0.2) is 0 Å². The number of hydrogen-bond donors (Lipinski definition) is 1. The van der Waals surface area contributed by atoms with E-state index in [1.54, 1.807) is 0 Å². The molecule has 1 saturated heterocycles. The van der Waals surface area contributed by atoms with Crippen LogP contribution >= 0.6 is 11.6 Å². The van der Waals surface area contributed by atoms with Crippen molar-refractivity contribution in [2.75, 3.05) is 31.6 Å². The van der Waals surface area contributed by atoms with Gasteiger partial charge in [0.25, 0.3) is 0 Å². The molecule has 2 atom stereocenters. The van der Waals surface area contributed by atoms with Crippen molar-refractivity contribution < 1.29 is 0 Å². The van der Waals surface area contributed by atoms with E-state index in [9.17, 15) is 0 Å². The van der Waals surface area contributed by atoms with Gasteiger partial charge in [-0.05, 0) is 45.0 Å². The van der Waals surface area contributed by atoms with E-state index in [-0.39, 0.29) is 6.04 Å². The van der Waals surface area contributed by atoms with Crippen LogP contribution in [0.5, 0.6) is 0 Å². The molecule has 0 radical (unpaired) electrons. The molecular weight excluding hydrogens is 258 g/mol. The molecule has 2 unspecified atom stereocenters. The van der Waals surface area contributed by atoms with Gasteiger partial charge in [0.05, 0.1) is 0 Å². The Morgan fingerprint density at radius 3 is 2.74 bits per heavy atom. The summed E-state index contributed by atoms with van der Waals surface area (Å²) in [6.45, 7) is 7.48. The summed E-state index contributed by atoms with van der Waals surface area (Å²) in [5.41, 5.74) is 8.20. The minimum atomic E-state index is 0.145. The molecule has 1 aromatic carbocycles. The smallest absolute Gasteiger partial charge is 0.0459 e. The van der Waals surface area contributed by atoms with Crippen LogP contribution in [0.3, 0.4) is 0 Å². The third kappa shape index (κ3) is 3.62. The summed E-state index contributed by atoms with van der Waals surface area (Å²) >= 11 is 6.37. The van der Waals surface area contributed by atoms with E-state index in [4.69, 9.17) is 17.3 Å². The van der Waals surface area contributed by atoms with Crippen molar-refractivity contribution in [2.24, 2.45) is 5.73 Å². The maximum Gasteiger partial charge on any atom is 0.0459 e. The molecule has 0 bridgehead atoms. The van der Waals surface area contributed by atoms with Crippen LogP contribution in [0.4, 0.5) is 5.69 Å². The molecule has 19 heavy (non-hydrogen) atoms. The van der Waals surface area contributed by atoms with Gasteiger partial charge in [0.1, 0.15) is 0 Å². The Bertz CT molecular complexity index is 433. The van der Waals surface area contributed by atoms with Crippen LogP contribution in [0.2, 0.25) is 5.02 Å². The number of hydrogen-bond acceptors (Lipinski definition) is 3. The van der Waals surface area contributed by atoms with Crippen molar-refractivity contribution >= 4 is 17.3 Å². The van der Waals surface area contributed by atoms with E-state index in [1.165, 1.54) is 5.69 Å². The van der Waals surface area contributed by atoms with Crippen LogP contribution in [-0.4, -0.2) is 43.7 Å². The van der Waals surface area contributed by atoms with Crippen molar-refractivity contribution in [3.63, 3.8) is 0 Å². The average Bonchev–Trinajstić information content (AvgIpc) is 2.35. The zero-order valence-electron chi connectivity index (χ0n) is 12.1. The molecule has 0 aliphatic carbocycles. The third-order valence-corrected chi connectivity index (χ3v) is 4.26. The highest BCUT2D eigenvalue weighted by Gasteiger charge is 2.21. The Kier molecular flexibility index (Phi) is 4.71. The number of nitrogens with two attached hydrogens (primary N) is 1. The SMILES string of the molecule is CC(N)Cc1ccc(N2CCN(C)C(C)C2)cc1Cl. The zero-order valence-corrected chi connectivity index (χ0v) is 12.8. The molecule has 3 nitrogen and oxygen atoms in total. The van der Waals surface area contributed by atoms with Gasteiger partial charge in [0.2, 0.25) is 0 Å². The van der Waals surface area contributed by atoms with Gasteiger partial charge in [-0.2, -0.15) is 0 Å². The molecule has 4 heteroatoms. The second-order valence-electron chi connectivity index (χ2n) is 5.73. The first-order valence-corrected chi connectivity index (χ1v) is 7.34. The van der Waals surface area contributed by atoms with E-state index < -0.39 is 0 Å². The van der Waals surface area contributed by atoms with Crippen LogP contribution in [0.1, 0.15) is 19.4 Å². The summed E-state index contributed by atoms with van der Waals surface area (Å²) in [4.78, 5) is 4.80. The predicted molar refractivity (Wildman–Crippen MR) is 83.1 cm³/mol. The lowest BCUT2D eigenvalue weighted by atomic mass is 10.1. The van der Waals surface area contributed by atoms with Crippen LogP contribution in [0.25, 0.3) is 0 Å². The van der Waals surface area contributed by atoms with Gasteiger partial charge >= 0.3 is 0 Å². The molecule has 106 valence electrons. The predicted octanol–water partition coefficient (Wildman–Crippen LogP) is 2.37. The number of rotatable bonds is 3. The topological polar surface area (TPSA) is 32.5 Å². The Hall–Kier alpha value is -0.770. The first-order valence-electron chi connectivity index (χ1n) is 6.96. The number of anilines is 1. The van der Waals surface area contributed by atoms with Gasteiger partial charge in [-0.25, -0.2) is 0 Å². The second kappa shape index (κ2) is 6.12. The minimum Gasteiger partial charge on any atom is -0.369 e. The van der Waals surface area contributed by atoms with E-state index in [2.05, 4.69) is 42.0 Å². The van der Waals surface area contributed by atoms with Gasteiger partial charge < -0.3 is 15.5 Å². The molecule has 1 aliphatic heterocycles. The first kappa shape index (κ1) is 14.6. The maximum absolute atomic E-state index is 6.37. The quantitative estimate of drug-likeness (QED) is 0.923. The number of nitrogens with zero attached hydrogens (tertiary/aromatic N) is 2. The third-order valence-electron chi connectivity index (χ3n) is 3.90. The van der Waals surface area contributed by atoms with Gasteiger partial charge in [-0.3, -0.25) is 0 Å². The van der Waals surface area contributed by atoms with Crippen LogP contribution in [0, 0.1) is 0 Å². The van der Waals surface area contributed by atoms with Crippen molar-refractivity contribution in [2.45, 2.75) is 32.4 Å². The Balaban J connectivity index is 2.11. The maximum atomic E-state index is 6.37. The fourth-order valence-corrected chi connectivity index (χ4v) is 2.78. The van der Waals surface area contributed by atoms with E-state index in [1.807, 2.05) is 6.92 Å². The molecule has 2 rings (SSSR count). The summed E-state index contributed by atoms with van der Waals surface area (Å²) in [6.07, 6.45) is 0.832. The van der Waals surface area contributed by atoms with Crippen molar-refractivity contribution in [1.82, 2.24) is 4.90 Å². The molecular formula is C15H24ClN3. The molecule has 1 aliphatic rings. The van der Waals surface area contributed by atoms with Crippen molar-refractivity contribution in [3.05, 3.63) is 28.8 Å². The molecule has 0 spiro atoms. The van der Waals surface area contributed by atoms with Crippen molar-refractivity contribution in [3.8, 4) is 0 Å². The fraction of sp³-hybridized carbons (Fsp3) is 0.600. The number of likely N-dealkylation sites (N-methyl/N-ethyl adjacent to an activating group) is 1. The molecule has 1 aromatic rings. The summed E-state index contributed by atoms with van der Waals surface area (Å²) < 4.78 is 0. The van der Waals surface area contributed by atoms with E-state index in [0.717, 1.165) is 36.6 Å². The van der Waals surface area contributed by atoms with Gasteiger partial charge in [-0.1, -0.05) is 17.7 Å². The van der Waals surface area contributed by atoms with Crippen LogP contribution < -0.4 is 10.6 Å². The molecule has 0 saturated carbocycles. The highest BCUT2D eigenvalue weighted by atomic mass is 35.5. The highest BCUT2D eigenvalue weighted by Crippen LogP contribution is 2.26. The Labute approximate surface area is 121 Å². The first-order chi connectivity index (χ1) is 8.97. The summed E-state index contributed by atoms with van der Waals surface area (Å²) in [7, 11) is 2.18. The normalized spacial score (nSPS) is 22.6. The lowest BCUT2D eigenvalue weighted by Gasteiger charge is -2.39. The number of piperazine rings is 1. The second-order valence-corrected chi connectivity index (χ2v) is 6.14. The summed E-state index contributed by atoms with van der Waals surface area (Å²) in [5, 5.41) is 0.835. The van der Waals surface area contributed by atoms with E-state index >= 15 is 0 Å². The Morgan fingerprint density at radius 1 is 1.42 bits per heavy atom. The monoisotopic (exact) mass is 281 g/mol. The number of halogens is 1. The largest absolute Gasteiger partial charge is 0.369 e. The lowest BCUT2D eigenvalue weighted by molar-refractivity contribution is 0.234. The van der Waals surface area contributed by atoms with Crippen LogP contribution in [0.15, 0.2) is 18.2 Å². The van der Waals surface area contributed by atoms with Gasteiger partial charge in [0, 0.05) is 42.4 Å². The standard InChI is InChI=1S/C15H24ClN3/c1-11(17)8-13-4-5-14(9-15(13)16)19-7-6-18(3)12(2)10-19/h4-5,9,11-12H,6-8,10,17H2,1-3H3. The average molecular weight is 282 g/mol. The van der Waals surface area contributed by atoms with Crippen LogP contribution in [-0.2, 0) is 6.42 Å². The van der Waals surface area contributed by atoms with Gasteiger partial charge in [-0.15, -0.1) is 0 Å². The van der Waals surface area contributed by atoms with Crippen molar-refractivity contribution in [1.29, 1.82) is 0 Å². The molecule has 1 heterocycles. The highest BCUT2D eigenvalue weighted by molar-refractivity contribution is 6.31. The summed E-state index contributed by atoms with van der Waals surface area (Å²) in [5.74, 6) is 0. The minimum absolute atomic E-state index is 0.145. The fourth-order valence-electron chi connectivity index (χ4n) is 2.53. The summed E-state index contributed by atoms with van der Waals surface area (Å²) in [6, 6.07) is 7.09. The Morgan fingerprint density at radius 2 is 2.16 bits per heavy atom.